The zero-order valence-corrected chi connectivity index (χ0v) is 14.0. The molecule has 1 N–H and O–H groups in total. The van der Waals surface area contributed by atoms with Crippen LogP contribution in [0.5, 0.6) is 0 Å². The van der Waals surface area contributed by atoms with E-state index < -0.39 is 17.9 Å². The van der Waals surface area contributed by atoms with Crippen molar-refractivity contribution in [2.45, 2.75) is 37.9 Å². The number of amides is 1. The van der Waals surface area contributed by atoms with Gasteiger partial charge in [0.25, 0.3) is 0 Å². The highest BCUT2D eigenvalue weighted by molar-refractivity contribution is 6.32. The van der Waals surface area contributed by atoms with Gasteiger partial charge >= 0.3 is 6.18 Å². The number of nitrogens with one attached hydrogen (secondary N) is 1. The van der Waals surface area contributed by atoms with E-state index in [2.05, 4.69) is 10.4 Å². The predicted molar refractivity (Wildman–Crippen MR) is 80.5 cm³/mol. The Labute approximate surface area is 137 Å². The lowest BCUT2D eigenvalue weighted by molar-refractivity contribution is -0.141. The van der Waals surface area contributed by atoms with Gasteiger partial charge in [0.2, 0.25) is 5.91 Å². The fraction of sp³-hybridized carbons (Fsp3) is 0.714. The van der Waals surface area contributed by atoms with E-state index in [-0.39, 0.29) is 16.8 Å². The SMILES string of the molecule is CC(C(=O)NCCN(C)C)n1nc(C(F)(F)F)c(Cl)c1C1CC1. The molecule has 1 atom stereocenters. The van der Waals surface area contributed by atoms with Crippen molar-refractivity contribution in [1.82, 2.24) is 20.0 Å². The molecule has 0 aromatic carbocycles. The number of carbonyl (C=O) groups excluding carboxylic acids is 1. The summed E-state index contributed by atoms with van der Waals surface area (Å²) >= 11 is 5.90. The number of aromatic nitrogens is 2. The summed E-state index contributed by atoms with van der Waals surface area (Å²) in [5.41, 5.74) is -0.803. The lowest BCUT2D eigenvalue weighted by Gasteiger charge is -2.17. The van der Waals surface area contributed by atoms with Gasteiger partial charge in [-0.3, -0.25) is 9.48 Å². The van der Waals surface area contributed by atoms with E-state index in [0.29, 0.717) is 18.8 Å². The molecule has 1 aliphatic carbocycles. The van der Waals surface area contributed by atoms with Crippen LogP contribution in [0, 0.1) is 0 Å². The first kappa shape index (κ1) is 18.1. The van der Waals surface area contributed by atoms with Crippen molar-refractivity contribution in [3.8, 4) is 0 Å². The number of halogens is 4. The molecule has 1 heterocycles. The number of hydrogen-bond donors (Lipinski definition) is 1. The quantitative estimate of drug-likeness (QED) is 0.856. The first-order chi connectivity index (χ1) is 10.6. The number of nitrogens with zero attached hydrogens (tertiary/aromatic N) is 3. The van der Waals surface area contributed by atoms with Crippen molar-refractivity contribution in [3.63, 3.8) is 0 Å². The average molecular weight is 353 g/mol. The molecular weight excluding hydrogens is 333 g/mol. The molecule has 1 unspecified atom stereocenters. The minimum absolute atomic E-state index is 0.0527. The fourth-order valence-corrected chi connectivity index (χ4v) is 2.67. The molecule has 23 heavy (non-hydrogen) atoms. The third kappa shape index (κ3) is 4.17. The topological polar surface area (TPSA) is 50.2 Å². The molecule has 0 saturated heterocycles. The van der Waals surface area contributed by atoms with Crippen LogP contribution in [0.15, 0.2) is 0 Å². The maximum atomic E-state index is 13.0. The van der Waals surface area contributed by atoms with Gasteiger partial charge < -0.3 is 10.2 Å². The van der Waals surface area contributed by atoms with Crippen molar-refractivity contribution in [2.24, 2.45) is 0 Å². The smallest absolute Gasteiger partial charge is 0.353 e. The van der Waals surface area contributed by atoms with Gasteiger partial charge in [0.15, 0.2) is 5.69 Å². The summed E-state index contributed by atoms with van der Waals surface area (Å²) in [7, 11) is 3.73. The third-order valence-electron chi connectivity index (χ3n) is 3.72. The van der Waals surface area contributed by atoms with Gasteiger partial charge in [0, 0.05) is 19.0 Å². The van der Waals surface area contributed by atoms with Gasteiger partial charge in [0.05, 0.1) is 10.7 Å². The van der Waals surface area contributed by atoms with E-state index in [4.69, 9.17) is 11.6 Å². The first-order valence-corrected chi connectivity index (χ1v) is 7.78. The Kier molecular flexibility index (Phi) is 5.25. The number of likely N-dealkylation sites (N-methyl/N-ethyl adjacent to an activating group) is 1. The molecule has 1 aliphatic rings. The minimum atomic E-state index is -4.63. The molecule has 1 amide bonds. The predicted octanol–water partition coefficient (Wildman–Crippen LogP) is 2.67. The van der Waals surface area contributed by atoms with Gasteiger partial charge in [-0.15, -0.1) is 0 Å². The maximum Gasteiger partial charge on any atom is 0.436 e. The van der Waals surface area contributed by atoms with Gasteiger partial charge in [-0.25, -0.2) is 0 Å². The molecule has 0 radical (unpaired) electrons. The summed E-state index contributed by atoms with van der Waals surface area (Å²) < 4.78 is 40.2. The summed E-state index contributed by atoms with van der Waals surface area (Å²) in [6.07, 6.45) is -3.11. The van der Waals surface area contributed by atoms with Crippen molar-refractivity contribution in [3.05, 3.63) is 16.4 Å². The molecule has 0 spiro atoms. The van der Waals surface area contributed by atoms with Gasteiger partial charge in [-0.1, -0.05) is 11.6 Å². The summed E-state index contributed by atoms with van der Waals surface area (Å²) in [6, 6.07) is -0.846. The Balaban J connectivity index is 2.22. The summed E-state index contributed by atoms with van der Waals surface area (Å²) in [5, 5.41) is 5.91. The van der Waals surface area contributed by atoms with Crippen LogP contribution >= 0.6 is 11.6 Å². The minimum Gasteiger partial charge on any atom is -0.353 e. The average Bonchev–Trinajstić information content (AvgIpc) is 3.19. The van der Waals surface area contributed by atoms with E-state index >= 15 is 0 Å². The molecule has 1 saturated carbocycles. The Bertz CT molecular complexity index is 581. The third-order valence-corrected chi connectivity index (χ3v) is 4.10. The maximum absolute atomic E-state index is 13.0. The highest BCUT2D eigenvalue weighted by Gasteiger charge is 2.43. The van der Waals surface area contributed by atoms with E-state index in [0.717, 1.165) is 17.5 Å². The second-order valence-corrected chi connectivity index (χ2v) is 6.41. The number of alkyl halides is 3. The van der Waals surface area contributed by atoms with Crippen molar-refractivity contribution in [2.75, 3.05) is 27.2 Å². The van der Waals surface area contributed by atoms with Gasteiger partial charge in [-0.05, 0) is 33.9 Å². The van der Waals surface area contributed by atoms with Crippen LogP contribution in [0.1, 0.15) is 43.1 Å². The molecule has 0 aliphatic heterocycles. The Morgan fingerprint density at radius 1 is 1.48 bits per heavy atom. The Hall–Kier alpha value is -1.28. The van der Waals surface area contributed by atoms with E-state index in [1.807, 2.05) is 19.0 Å². The second kappa shape index (κ2) is 6.68. The fourth-order valence-electron chi connectivity index (χ4n) is 2.29. The molecular formula is C14H20ClF3N4O. The summed E-state index contributed by atoms with van der Waals surface area (Å²) in [6.45, 7) is 2.58. The molecule has 130 valence electrons. The molecule has 1 aromatic heterocycles. The van der Waals surface area contributed by atoms with Crippen molar-refractivity contribution in [1.29, 1.82) is 0 Å². The molecule has 1 fully saturated rings. The molecule has 2 rings (SSSR count). The number of rotatable bonds is 6. The van der Waals surface area contributed by atoms with Crippen LogP contribution in [0.2, 0.25) is 5.02 Å². The number of hydrogen-bond acceptors (Lipinski definition) is 3. The van der Waals surface area contributed by atoms with Crippen LogP contribution in [-0.4, -0.2) is 47.8 Å². The van der Waals surface area contributed by atoms with E-state index in [9.17, 15) is 18.0 Å². The zero-order chi connectivity index (χ0) is 17.4. The van der Waals surface area contributed by atoms with Crippen LogP contribution in [0.3, 0.4) is 0 Å². The second-order valence-electron chi connectivity index (χ2n) is 6.03. The van der Waals surface area contributed by atoms with E-state index in [1.165, 1.54) is 6.92 Å². The monoisotopic (exact) mass is 352 g/mol. The van der Waals surface area contributed by atoms with Gasteiger partial charge in [0.1, 0.15) is 6.04 Å². The Morgan fingerprint density at radius 3 is 2.57 bits per heavy atom. The molecule has 0 bridgehead atoms. The largest absolute Gasteiger partial charge is 0.436 e. The number of carbonyl (C=O) groups is 1. The lowest BCUT2D eigenvalue weighted by Crippen LogP contribution is -2.36. The summed E-state index contributed by atoms with van der Waals surface area (Å²) in [4.78, 5) is 14.1. The van der Waals surface area contributed by atoms with Crippen LogP contribution in [0.25, 0.3) is 0 Å². The standard InChI is InChI=1S/C14H20ClF3N4O/c1-8(13(23)19-6-7-21(2)3)22-11(9-4-5-9)10(15)12(20-22)14(16,17)18/h8-9H,4-7H2,1-3H3,(H,19,23). The van der Waals surface area contributed by atoms with Crippen molar-refractivity contribution < 1.29 is 18.0 Å². The molecule has 5 nitrogen and oxygen atoms in total. The molecule has 1 aromatic rings. The summed E-state index contributed by atoms with van der Waals surface area (Å²) in [5.74, 6) is -0.426. The van der Waals surface area contributed by atoms with Crippen LogP contribution in [-0.2, 0) is 11.0 Å². The van der Waals surface area contributed by atoms with E-state index in [1.54, 1.807) is 0 Å². The normalized spacial score (nSPS) is 16.7. The van der Waals surface area contributed by atoms with Gasteiger partial charge in [-0.2, -0.15) is 18.3 Å². The van der Waals surface area contributed by atoms with Crippen LogP contribution in [0.4, 0.5) is 13.2 Å². The Morgan fingerprint density at radius 2 is 2.09 bits per heavy atom. The molecule has 9 heteroatoms. The van der Waals surface area contributed by atoms with Crippen LogP contribution < -0.4 is 5.32 Å². The van der Waals surface area contributed by atoms with Crippen molar-refractivity contribution >= 4 is 17.5 Å². The highest BCUT2D eigenvalue weighted by atomic mass is 35.5. The highest BCUT2D eigenvalue weighted by Crippen LogP contribution is 2.47. The lowest BCUT2D eigenvalue weighted by atomic mass is 10.2. The zero-order valence-electron chi connectivity index (χ0n) is 13.2. The first-order valence-electron chi connectivity index (χ1n) is 7.40.